The van der Waals surface area contributed by atoms with E-state index in [9.17, 15) is 10.0 Å². The Morgan fingerprint density at radius 3 is 1.91 bits per heavy atom. The molecule has 1 heterocycles. The van der Waals surface area contributed by atoms with Crippen molar-refractivity contribution in [3.63, 3.8) is 0 Å². The molecule has 1 aliphatic rings. The lowest BCUT2D eigenvalue weighted by Crippen LogP contribution is -2.47. The van der Waals surface area contributed by atoms with Gasteiger partial charge in [-0.15, -0.1) is 0 Å². The van der Waals surface area contributed by atoms with Gasteiger partial charge in [-0.25, -0.2) is 5.06 Å². The second-order valence-electron chi connectivity index (χ2n) is 3.93. The van der Waals surface area contributed by atoms with Gasteiger partial charge in [0.15, 0.2) is 0 Å². The van der Waals surface area contributed by atoms with Crippen molar-refractivity contribution >= 4 is 5.91 Å². The van der Waals surface area contributed by atoms with E-state index >= 15 is 0 Å². The molecule has 0 saturated carbocycles. The van der Waals surface area contributed by atoms with E-state index in [0.717, 1.165) is 5.06 Å². The Bertz CT molecular complexity index is 199. The summed E-state index contributed by atoms with van der Waals surface area (Å²) in [5.41, 5.74) is -1.31. The lowest BCUT2D eigenvalue weighted by Gasteiger charge is -2.24. The summed E-state index contributed by atoms with van der Waals surface area (Å²) in [5.74, 6) is -0.289. The van der Waals surface area contributed by atoms with Crippen molar-refractivity contribution < 1.29 is 10.0 Å². The summed E-state index contributed by atoms with van der Waals surface area (Å²) in [6.45, 7) is 6.99. The maximum absolute atomic E-state index is 11.3. The maximum Gasteiger partial charge on any atom is 0.267 e. The molecule has 0 radical (unpaired) electrons. The molecule has 4 heteroatoms. The molecule has 1 fully saturated rings. The van der Waals surface area contributed by atoms with Crippen LogP contribution in [0, 0.1) is 0 Å². The van der Waals surface area contributed by atoms with Gasteiger partial charge in [0.1, 0.15) is 5.66 Å². The summed E-state index contributed by atoms with van der Waals surface area (Å²) < 4.78 is 0. The summed E-state index contributed by atoms with van der Waals surface area (Å²) in [7, 11) is 0. The third-order valence-electron chi connectivity index (χ3n) is 1.87. The van der Waals surface area contributed by atoms with Crippen LogP contribution in [0.5, 0.6) is 0 Å². The molecule has 0 aromatic rings. The van der Waals surface area contributed by atoms with Gasteiger partial charge in [0.05, 0.1) is 5.54 Å². The van der Waals surface area contributed by atoms with Crippen LogP contribution in [0.2, 0.25) is 0 Å². The highest BCUT2D eigenvalue weighted by Crippen LogP contribution is 2.24. The van der Waals surface area contributed by atoms with E-state index in [-0.39, 0.29) is 5.91 Å². The van der Waals surface area contributed by atoms with Crippen molar-refractivity contribution in [2.75, 3.05) is 0 Å². The van der Waals surface area contributed by atoms with Gasteiger partial charge in [-0.1, -0.05) is 0 Å². The molecule has 1 aliphatic heterocycles. The van der Waals surface area contributed by atoms with Crippen molar-refractivity contribution in [2.24, 2.45) is 0 Å². The van der Waals surface area contributed by atoms with Crippen molar-refractivity contribution in [3.8, 4) is 0 Å². The summed E-state index contributed by atoms with van der Waals surface area (Å²) in [4.78, 5) is 11.3. The predicted molar refractivity (Wildman–Crippen MR) is 39.9 cm³/mol. The number of carbonyl (C=O) groups excluding carboxylic acids is 1. The lowest BCUT2D eigenvalue weighted by molar-refractivity contribution is -0.178. The van der Waals surface area contributed by atoms with Crippen LogP contribution in [0.4, 0.5) is 0 Å². The zero-order valence-corrected chi connectivity index (χ0v) is 7.30. The minimum atomic E-state index is -0.655. The number of hydroxylamine groups is 2. The van der Waals surface area contributed by atoms with Gasteiger partial charge >= 0.3 is 0 Å². The second-order valence-corrected chi connectivity index (χ2v) is 3.93. The van der Waals surface area contributed by atoms with Crippen LogP contribution in [-0.2, 0) is 4.79 Å². The Kier molecular flexibility index (Phi) is 1.51. The van der Waals surface area contributed by atoms with Gasteiger partial charge in [0.2, 0.25) is 0 Å². The van der Waals surface area contributed by atoms with Crippen molar-refractivity contribution in [2.45, 2.75) is 38.9 Å². The average Bonchev–Trinajstić information content (AvgIpc) is 1.91. The van der Waals surface area contributed by atoms with E-state index in [0.29, 0.717) is 0 Å². The predicted octanol–water partition coefficient (Wildman–Crippen LogP) is 0.322. The fraction of sp³-hybridized carbons (Fsp3) is 0.857. The first-order chi connectivity index (χ1) is 4.77. The first-order valence-electron chi connectivity index (χ1n) is 3.60. The van der Waals surface area contributed by atoms with E-state index in [2.05, 4.69) is 5.32 Å². The lowest BCUT2D eigenvalue weighted by atomic mass is 10.1. The first kappa shape index (κ1) is 8.49. The Morgan fingerprint density at radius 1 is 1.36 bits per heavy atom. The highest BCUT2D eigenvalue weighted by molar-refractivity contribution is 5.87. The Labute approximate surface area is 66.1 Å². The molecule has 0 spiro atoms. The van der Waals surface area contributed by atoms with Gasteiger partial charge in [-0.3, -0.25) is 15.3 Å². The van der Waals surface area contributed by atoms with Gasteiger partial charge in [-0.05, 0) is 27.7 Å². The van der Waals surface area contributed by atoms with Crippen LogP contribution in [0.25, 0.3) is 0 Å². The standard InChI is InChI=1S/C7H14N2O2/c1-6(2)5(10)9(11)7(3,4)8-6/h8,11H,1-4H3. The highest BCUT2D eigenvalue weighted by atomic mass is 16.5. The summed E-state index contributed by atoms with van der Waals surface area (Å²) >= 11 is 0. The number of amides is 1. The van der Waals surface area contributed by atoms with Crippen LogP contribution in [0.1, 0.15) is 27.7 Å². The smallest absolute Gasteiger partial charge is 0.267 e. The van der Waals surface area contributed by atoms with Gasteiger partial charge in [-0.2, -0.15) is 0 Å². The monoisotopic (exact) mass is 158 g/mol. The van der Waals surface area contributed by atoms with Crippen molar-refractivity contribution in [3.05, 3.63) is 0 Å². The minimum absolute atomic E-state index is 0.289. The molecule has 1 saturated heterocycles. The van der Waals surface area contributed by atoms with E-state index in [1.165, 1.54) is 0 Å². The Hall–Kier alpha value is -0.610. The van der Waals surface area contributed by atoms with Crippen LogP contribution >= 0.6 is 0 Å². The minimum Gasteiger partial charge on any atom is -0.284 e. The van der Waals surface area contributed by atoms with Crippen LogP contribution in [0.15, 0.2) is 0 Å². The molecule has 0 bridgehead atoms. The molecule has 0 aliphatic carbocycles. The number of hydrogen-bond acceptors (Lipinski definition) is 3. The quantitative estimate of drug-likeness (QED) is 0.499. The van der Waals surface area contributed by atoms with Crippen LogP contribution < -0.4 is 5.32 Å². The van der Waals surface area contributed by atoms with Crippen molar-refractivity contribution in [1.82, 2.24) is 10.4 Å². The normalized spacial score (nSPS) is 27.7. The fourth-order valence-corrected chi connectivity index (χ4v) is 1.39. The zero-order chi connectivity index (χ0) is 8.86. The molecule has 0 aromatic carbocycles. The summed E-state index contributed by atoms with van der Waals surface area (Å²) in [5, 5.41) is 13.0. The second kappa shape index (κ2) is 1.95. The molecular formula is C7H14N2O2. The molecule has 2 N–H and O–H groups in total. The number of rotatable bonds is 0. The van der Waals surface area contributed by atoms with Crippen molar-refractivity contribution in [1.29, 1.82) is 0 Å². The van der Waals surface area contributed by atoms with Gasteiger partial charge < -0.3 is 0 Å². The summed E-state index contributed by atoms with van der Waals surface area (Å²) in [6, 6.07) is 0. The van der Waals surface area contributed by atoms with E-state index in [1.807, 2.05) is 0 Å². The zero-order valence-electron chi connectivity index (χ0n) is 7.30. The average molecular weight is 158 g/mol. The largest absolute Gasteiger partial charge is 0.284 e. The van der Waals surface area contributed by atoms with Crippen LogP contribution in [-0.4, -0.2) is 27.4 Å². The van der Waals surface area contributed by atoms with E-state index < -0.39 is 11.2 Å². The fourth-order valence-electron chi connectivity index (χ4n) is 1.39. The molecule has 1 rings (SSSR count). The molecule has 4 nitrogen and oxygen atoms in total. The number of hydrogen-bond donors (Lipinski definition) is 2. The Balaban J connectivity index is 2.96. The molecule has 0 aromatic heterocycles. The SMILES string of the molecule is CC1(C)NC(C)(C)N(O)C1=O. The molecule has 1 amide bonds. The molecular weight excluding hydrogens is 144 g/mol. The maximum atomic E-state index is 11.3. The molecule has 0 unspecified atom stereocenters. The summed E-state index contributed by atoms with van der Waals surface area (Å²) in [6.07, 6.45) is 0. The first-order valence-corrected chi connectivity index (χ1v) is 3.60. The van der Waals surface area contributed by atoms with Crippen LogP contribution in [0.3, 0.4) is 0 Å². The molecule has 64 valence electrons. The van der Waals surface area contributed by atoms with Gasteiger partial charge in [0, 0.05) is 0 Å². The molecule has 0 atom stereocenters. The third kappa shape index (κ3) is 1.12. The molecule has 11 heavy (non-hydrogen) atoms. The number of nitrogens with one attached hydrogen (secondary N) is 1. The van der Waals surface area contributed by atoms with E-state index in [4.69, 9.17) is 0 Å². The number of nitrogens with zero attached hydrogens (tertiary/aromatic N) is 1. The highest BCUT2D eigenvalue weighted by Gasteiger charge is 2.49. The topological polar surface area (TPSA) is 52.6 Å². The van der Waals surface area contributed by atoms with E-state index in [1.54, 1.807) is 27.7 Å². The van der Waals surface area contributed by atoms with Gasteiger partial charge in [0.25, 0.3) is 5.91 Å². The number of carbonyl (C=O) groups is 1. The Morgan fingerprint density at radius 2 is 1.82 bits per heavy atom. The third-order valence-corrected chi connectivity index (χ3v) is 1.87.